The van der Waals surface area contributed by atoms with E-state index in [2.05, 4.69) is 10.3 Å². The molecule has 0 unspecified atom stereocenters. The van der Waals surface area contributed by atoms with Crippen molar-refractivity contribution >= 4 is 16.7 Å². The van der Waals surface area contributed by atoms with E-state index in [1.807, 2.05) is 0 Å². The van der Waals surface area contributed by atoms with E-state index in [4.69, 9.17) is 0 Å². The Labute approximate surface area is 136 Å². The Morgan fingerprint density at radius 1 is 1.21 bits per heavy atom. The summed E-state index contributed by atoms with van der Waals surface area (Å²) < 4.78 is 38.5. The molecule has 4 nitrogen and oxygen atoms in total. The van der Waals surface area contributed by atoms with Gasteiger partial charge in [0, 0.05) is 11.4 Å². The van der Waals surface area contributed by atoms with Gasteiger partial charge in [-0.2, -0.15) is 13.2 Å². The summed E-state index contributed by atoms with van der Waals surface area (Å²) in [7, 11) is 0. The minimum Gasteiger partial charge on any atom is -0.348 e. The maximum Gasteiger partial charge on any atom is 0.391 e. The van der Waals surface area contributed by atoms with Gasteiger partial charge in [-0.15, -0.1) is 0 Å². The highest BCUT2D eigenvalue weighted by molar-refractivity contribution is 5.96. The maximum absolute atomic E-state index is 12.8. The number of aromatic nitrogens is 1. The van der Waals surface area contributed by atoms with Gasteiger partial charge in [0.1, 0.15) is 5.69 Å². The number of nitrogens with one attached hydrogen (secondary N) is 2. The van der Waals surface area contributed by atoms with Gasteiger partial charge in [-0.05, 0) is 36.8 Å². The summed E-state index contributed by atoms with van der Waals surface area (Å²) in [5.41, 5.74) is -0.331. The highest BCUT2D eigenvalue weighted by Crippen LogP contribution is 2.37. The van der Waals surface area contributed by atoms with Gasteiger partial charge in [0.2, 0.25) is 0 Å². The van der Waals surface area contributed by atoms with Crippen LogP contribution >= 0.6 is 0 Å². The SMILES string of the molecule is O=C(N[C@H]1CCC[C@H](C(F)(F)F)C1)c1cc2ccccc2c(=O)[nH]1. The summed E-state index contributed by atoms with van der Waals surface area (Å²) in [6, 6.07) is 7.82. The van der Waals surface area contributed by atoms with Gasteiger partial charge >= 0.3 is 6.18 Å². The summed E-state index contributed by atoms with van der Waals surface area (Å²) in [5, 5.41) is 3.70. The lowest BCUT2D eigenvalue weighted by atomic mass is 9.85. The topological polar surface area (TPSA) is 62.0 Å². The molecule has 0 bridgehead atoms. The zero-order chi connectivity index (χ0) is 17.3. The lowest BCUT2D eigenvalue weighted by molar-refractivity contribution is -0.183. The first-order valence-electron chi connectivity index (χ1n) is 7.84. The first-order valence-corrected chi connectivity index (χ1v) is 7.84. The Hall–Kier alpha value is -2.31. The monoisotopic (exact) mass is 338 g/mol. The molecule has 1 aromatic carbocycles. The second-order valence-electron chi connectivity index (χ2n) is 6.17. The number of hydrogen-bond donors (Lipinski definition) is 2. The van der Waals surface area contributed by atoms with Gasteiger partial charge in [-0.25, -0.2) is 0 Å². The lowest BCUT2D eigenvalue weighted by Gasteiger charge is -2.31. The highest BCUT2D eigenvalue weighted by Gasteiger charge is 2.42. The Kier molecular flexibility index (Phi) is 4.34. The Morgan fingerprint density at radius 3 is 2.71 bits per heavy atom. The van der Waals surface area contributed by atoms with E-state index >= 15 is 0 Å². The molecule has 2 aromatic rings. The van der Waals surface area contributed by atoms with Gasteiger partial charge in [-0.3, -0.25) is 9.59 Å². The lowest BCUT2D eigenvalue weighted by Crippen LogP contribution is -2.42. The fourth-order valence-corrected chi connectivity index (χ4v) is 3.21. The number of carbonyl (C=O) groups is 1. The summed E-state index contributed by atoms with van der Waals surface area (Å²) in [5.74, 6) is -1.93. The molecule has 128 valence electrons. The average molecular weight is 338 g/mol. The third-order valence-corrected chi connectivity index (χ3v) is 4.47. The third kappa shape index (κ3) is 3.44. The number of alkyl halides is 3. The Balaban J connectivity index is 1.77. The maximum atomic E-state index is 12.8. The summed E-state index contributed by atoms with van der Waals surface area (Å²) in [6.45, 7) is 0. The number of pyridine rings is 1. The van der Waals surface area contributed by atoms with Crippen LogP contribution in [0.15, 0.2) is 35.1 Å². The summed E-state index contributed by atoms with van der Waals surface area (Å²) in [4.78, 5) is 26.8. The Morgan fingerprint density at radius 2 is 1.96 bits per heavy atom. The third-order valence-electron chi connectivity index (χ3n) is 4.47. The van der Waals surface area contributed by atoms with Crippen molar-refractivity contribution in [3.63, 3.8) is 0 Å². The number of benzene rings is 1. The van der Waals surface area contributed by atoms with Crippen molar-refractivity contribution < 1.29 is 18.0 Å². The van der Waals surface area contributed by atoms with E-state index in [0.29, 0.717) is 23.6 Å². The number of carbonyl (C=O) groups excluding carboxylic acids is 1. The molecular formula is C17H17F3N2O2. The highest BCUT2D eigenvalue weighted by atomic mass is 19.4. The molecule has 3 rings (SSSR count). The molecule has 1 aliphatic carbocycles. The van der Waals surface area contributed by atoms with E-state index in [9.17, 15) is 22.8 Å². The molecule has 1 saturated carbocycles. The van der Waals surface area contributed by atoms with Crippen LogP contribution in [0.4, 0.5) is 13.2 Å². The minimum absolute atomic E-state index is 0.0628. The molecule has 0 radical (unpaired) electrons. The summed E-state index contributed by atoms with van der Waals surface area (Å²) in [6.07, 6.45) is -3.32. The molecule has 0 spiro atoms. The number of amides is 1. The summed E-state index contributed by atoms with van der Waals surface area (Å²) >= 11 is 0. The van der Waals surface area contributed by atoms with Crippen LogP contribution in [0.3, 0.4) is 0 Å². The quantitative estimate of drug-likeness (QED) is 0.882. The fraction of sp³-hybridized carbons (Fsp3) is 0.412. The predicted molar refractivity (Wildman–Crippen MR) is 83.8 cm³/mol. The molecule has 1 amide bonds. The number of hydrogen-bond acceptors (Lipinski definition) is 2. The van der Waals surface area contributed by atoms with E-state index in [1.165, 1.54) is 6.07 Å². The van der Waals surface area contributed by atoms with Crippen LogP contribution in [-0.2, 0) is 0 Å². The van der Waals surface area contributed by atoms with Crippen LogP contribution in [0.5, 0.6) is 0 Å². The average Bonchev–Trinajstić information content (AvgIpc) is 2.54. The van der Waals surface area contributed by atoms with Crippen LogP contribution in [-0.4, -0.2) is 23.1 Å². The van der Waals surface area contributed by atoms with E-state index in [-0.39, 0.29) is 18.5 Å². The van der Waals surface area contributed by atoms with Crippen LogP contribution in [0, 0.1) is 5.92 Å². The molecule has 2 N–H and O–H groups in total. The van der Waals surface area contributed by atoms with Gasteiger partial charge in [0.15, 0.2) is 0 Å². The van der Waals surface area contributed by atoms with Crippen molar-refractivity contribution in [2.24, 2.45) is 5.92 Å². The molecule has 24 heavy (non-hydrogen) atoms. The first kappa shape index (κ1) is 16.5. The molecule has 1 aromatic heterocycles. The van der Waals surface area contributed by atoms with Crippen molar-refractivity contribution in [3.05, 3.63) is 46.4 Å². The molecule has 1 aliphatic rings. The van der Waals surface area contributed by atoms with Crippen molar-refractivity contribution in [2.75, 3.05) is 0 Å². The van der Waals surface area contributed by atoms with Crippen LogP contribution < -0.4 is 10.9 Å². The fourth-order valence-electron chi connectivity index (χ4n) is 3.21. The van der Waals surface area contributed by atoms with Gasteiger partial charge in [-0.1, -0.05) is 24.6 Å². The van der Waals surface area contributed by atoms with E-state index < -0.39 is 29.6 Å². The Bertz CT molecular complexity index is 813. The van der Waals surface area contributed by atoms with E-state index in [1.54, 1.807) is 24.3 Å². The number of H-pyrrole nitrogens is 1. The molecule has 0 saturated heterocycles. The molecule has 0 aliphatic heterocycles. The van der Waals surface area contributed by atoms with Crippen molar-refractivity contribution in [3.8, 4) is 0 Å². The largest absolute Gasteiger partial charge is 0.391 e. The minimum atomic E-state index is -4.24. The molecular weight excluding hydrogens is 321 g/mol. The standard InChI is InChI=1S/C17H17F3N2O2/c18-17(19,20)11-5-3-6-12(9-11)21-16(24)14-8-10-4-1-2-7-13(10)15(23)22-14/h1-2,4,7-8,11-12H,3,5-6,9H2,(H,21,24)(H,22,23)/t11-,12-/m0/s1. The molecule has 1 heterocycles. The second-order valence-corrected chi connectivity index (χ2v) is 6.17. The van der Waals surface area contributed by atoms with Crippen LogP contribution in [0.25, 0.3) is 10.8 Å². The van der Waals surface area contributed by atoms with Crippen molar-refractivity contribution in [2.45, 2.75) is 37.9 Å². The van der Waals surface area contributed by atoms with Crippen LogP contribution in [0.1, 0.15) is 36.2 Å². The molecule has 7 heteroatoms. The van der Waals surface area contributed by atoms with Gasteiger partial charge < -0.3 is 10.3 Å². The predicted octanol–water partition coefficient (Wildman–Crippen LogP) is 3.38. The molecule has 2 atom stereocenters. The van der Waals surface area contributed by atoms with Gasteiger partial charge in [0.25, 0.3) is 11.5 Å². The number of halogens is 3. The zero-order valence-corrected chi connectivity index (χ0v) is 12.8. The smallest absolute Gasteiger partial charge is 0.348 e. The first-order chi connectivity index (χ1) is 11.3. The number of fused-ring (bicyclic) bond motifs is 1. The number of aromatic amines is 1. The molecule has 1 fully saturated rings. The number of rotatable bonds is 2. The van der Waals surface area contributed by atoms with Crippen LogP contribution in [0.2, 0.25) is 0 Å². The van der Waals surface area contributed by atoms with Gasteiger partial charge in [0.05, 0.1) is 5.92 Å². The van der Waals surface area contributed by atoms with Crippen molar-refractivity contribution in [1.29, 1.82) is 0 Å². The second kappa shape index (κ2) is 6.30. The zero-order valence-electron chi connectivity index (χ0n) is 12.8. The van der Waals surface area contributed by atoms with Crippen molar-refractivity contribution in [1.82, 2.24) is 10.3 Å². The van der Waals surface area contributed by atoms with E-state index in [0.717, 1.165) is 0 Å². The normalized spacial score (nSPS) is 21.6.